The fourth-order valence-electron chi connectivity index (χ4n) is 2.93. The van der Waals surface area contributed by atoms with Crippen molar-refractivity contribution in [3.8, 4) is 0 Å². The van der Waals surface area contributed by atoms with Gasteiger partial charge in [0.2, 0.25) is 0 Å². The summed E-state index contributed by atoms with van der Waals surface area (Å²) >= 11 is 1.50. The monoisotopic (exact) mass is 281 g/mol. The molecule has 0 aromatic carbocycles. The minimum Gasteiger partial charge on any atom is -0.381 e. The lowest BCUT2D eigenvalue weighted by atomic mass is 9.81. The van der Waals surface area contributed by atoms with Crippen LogP contribution >= 0.6 is 11.3 Å². The Kier molecular flexibility index (Phi) is 3.60. The van der Waals surface area contributed by atoms with Crippen LogP contribution in [0.5, 0.6) is 0 Å². The number of hydrogen-bond donors (Lipinski definition) is 0. The maximum absolute atomic E-state index is 12.2. The zero-order valence-electron chi connectivity index (χ0n) is 11.1. The van der Waals surface area contributed by atoms with Crippen molar-refractivity contribution < 1.29 is 14.3 Å². The van der Waals surface area contributed by atoms with E-state index >= 15 is 0 Å². The second kappa shape index (κ2) is 5.23. The molecule has 2 aliphatic heterocycles. The molecule has 3 heterocycles. The van der Waals surface area contributed by atoms with Crippen molar-refractivity contribution in [1.29, 1.82) is 0 Å². The quantitative estimate of drug-likeness (QED) is 0.847. The first-order valence-electron chi connectivity index (χ1n) is 6.79. The van der Waals surface area contributed by atoms with Gasteiger partial charge in [-0.2, -0.15) is 0 Å². The van der Waals surface area contributed by atoms with E-state index in [1.165, 1.54) is 11.3 Å². The van der Waals surface area contributed by atoms with Crippen LogP contribution in [0, 0.1) is 5.92 Å². The topological polar surface area (TPSA) is 38.8 Å². The predicted octanol–water partition coefficient (Wildman–Crippen LogP) is 2.02. The SMILES string of the molecule is CCOC[C@@H]1CCOC12CN(C(=O)c1cccs1)C2. The summed E-state index contributed by atoms with van der Waals surface area (Å²) in [6.45, 7) is 5.71. The van der Waals surface area contributed by atoms with Gasteiger partial charge in [0.25, 0.3) is 5.91 Å². The molecule has 0 saturated carbocycles. The molecule has 0 unspecified atom stereocenters. The van der Waals surface area contributed by atoms with Crippen molar-refractivity contribution >= 4 is 17.2 Å². The highest BCUT2D eigenvalue weighted by Crippen LogP contribution is 2.40. The van der Waals surface area contributed by atoms with Gasteiger partial charge in [-0.15, -0.1) is 11.3 Å². The van der Waals surface area contributed by atoms with Gasteiger partial charge in [-0.05, 0) is 24.8 Å². The molecule has 19 heavy (non-hydrogen) atoms. The number of carbonyl (C=O) groups excluding carboxylic acids is 1. The van der Waals surface area contributed by atoms with Gasteiger partial charge in [0.15, 0.2) is 0 Å². The van der Waals surface area contributed by atoms with Crippen LogP contribution in [0.2, 0.25) is 0 Å². The summed E-state index contributed by atoms with van der Waals surface area (Å²) < 4.78 is 11.4. The molecule has 0 bridgehead atoms. The molecule has 4 nitrogen and oxygen atoms in total. The first-order chi connectivity index (χ1) is 9.25. The molecule has 0 N–H and O–H groups in total. The molecule has 1 aromatic rings. The minimum atomic E-state index is -0.137. The molecule has 1 spiro atoms. The highest BCUT2D eigenvalue weighted by Gasteiger charge is 2.54. The molecule has 3 rings (SSSR count). The standard InChI is InChI=1S/C14H19NO3S/c1-2-17-8-11-5-6-18-14(11)9-15(10-14)13(16)12-4-3-7-19-12/h3-4,7,11H,2,5-6,8-10H2,1H3/t11-/m0/s1. The maximum Gasteiger partial charge on any atom is 0.264 e. The fourth-order valence-corrected chi connectivity index (χ4v) is 3.62. The molecule has 5 heteroatoms. The molecule has 1 atom stereocenters. The van der Waals surface area contributed by atoms with Crippen LogP contribution in [0.25, 0.3) is 0 Å². The summed E-state index contributed by atoms with van der Waals surface area (Å²) in [7, 11) is 0. The summed E-state index contributed by atoms with van der Waals surface area (Å²) in [6, 6.07) is 3.79. The van der Waals surface area contributed by atoms with Gasteiger partial charge >= 0.3 is 0 Å². The van der Waals surface area contributed by atoms with Crippen LogP contribution in [0.1, 0.15) is 23.0 Å². The van der Waals surface area contributed by atoms with E-state index in [0.717, 1.165) is 31.1 Å². The molecule has 2 fully saturated rings. The van der Waals surface area contributed by atoms with E-state index < -0.39 is 0 Å². The third-order valence-electron chi connectivity index (χ3n) is 4.06. The number of carbonyl (C=O) groups is 1. The van der Waals surface area contributed by atoms with Gasteiger partial charge in [0, 0.05) is 19.1 Å². The molecular formula is C14H19NO3S. The van der Waals surface area contributed by atoms with Gasteiger partial charge in [-0.1, -0.05) is 6.07 Å². The summed E-state index contributed by atoms with van der Waals surface area (Å²) in [5.74, 6) is 0.561. The summed E-state index contributed by atoms with van der Waals surface area (Å²) in [6.07, 6.45) is 1.04. The Morgan fingerprint density at radius 1 is 1.63 bits per heavy atom. The van der Waals surface area contributed by atoms with E-state index in [2.05, 4.69) is 0 Å². The lowest BCUT2D eigenvalue weighted by Crippen LogP contribution is -2.66. The first-order valence-corrected chi connectivity index (χ1v) is 7.67. The summed E-state index contributed by atoms with van der Waals surface area (Å²) in [5, 5.41) is 1.94. The number of likely N-dealkylation sites (tertiary alicyclic amines) is 1. The molecule has 1 amide bonds. The zero-order chi connectivity index (χ0) is 13.3. The van der Waals surface area contributed by atoms with Gasteiger partial charge in [-0.25, -0.2) is 0 Å². The molecule has 2 saturated heterocycles. The van der Waals surface area contributed by atoms with E-state index in [9.17, 15) is 4.79 Å². The van der Waals surface area contributed by atoms with Crippen LogP contribution in [0.15, 0.2) is 17.5 Å². The van der Waals surface area contributed by atoms with Crippen molar-refractivity contribution in [3.05, 3.63) is 22.4 Å². The average molecular weight is 281 g/mol. The van der Waals surface area contributed by atoms with Gasteiger partial charge in [-0.3, -0.25) is 4.79 Å². The first kappa shape index (κ1) is 13.1. The van der Waals surface area contributed by atoms with Gasteiger partial charge in [0.05, 0.1) is 24.6 Å². The molecule has 104 valence electrons. The largest absolute Gasteiger partial charge is 0.381 e. The molecule has 0 aliphatic carbocycles. The lowest BCUT2D eigenvalue weighted by molar-refractivity contribution is -0.127. The molecule has 0 radical (unpaired) electrons. The Bertz CT molecular complexity index is 440. The van der Waals surface area contributed by atoms with Crippen molar-refractivity contribution in [2.75, 3.05) is 32.9 Å². The maximum atomic E-state index is 12.2. The second-order valence-corrected chi connectivity index (χ2v) is 6.14. The summed E-state index contributed by atoms with van der Waals surface area (Å²) in [4.78, 5) is 14.9. The Labute approximate surface area is 117 Å². The Morgan fingerprint density at radius 2 is 2.47 bits per heavy atom. The van der Waals surface area contributed by atoms with Crippen molar-refractivity contribution in [2.24, 2.45) is 5.92 Å². The van der Waals surface area contributed by atoms with Crippen molar-refractivity contribution in [1.82, 2.24) is 4.90 Å². The highest BCUT2D eigenvalue weighted by atomic mass is 32.1. The molecular weight excluding hydrogens is 262 g/mol. The van der Waals surface area contributed by atoms with Gasteiger partial charge in [0.1, 0.15) is 5.60 Å². The number of amides is 1. The minimum absolute atomic E-state index is 0.131. The van der Waals surface area contributed by atoms with E-state index in [0.29, 0.717) is 19.0 Å². The normalized spacial score (nSPS) is 24.7. The fraction of sp³-hybridized carbons (Fsp3) is 0.643. The summed E-state index contributed by atoms with van der Waals surface area (Å²) in [5.41, 5.74) is -0.137. The highest BCUT2D eigenvalue weighted by molar-refractivity contribution is 7.12. The second-order valence-electron chi connectivity index (χ2n) is 5.20. The average Bonchev–Trinajstić information content (AvgIpc) is 3.02. The van der Waals surface area contributed by atoms with Crippen LogP contribution in [-0.2, 0) is 9.47 Å². The van der Waals surface area contributed by atoms with E-state index in [-0.39, 0.29) is 11.5 Å². The van der Waals surface area contributed by atoms with E-state index in [4.69, 9.17) is 9.47 Å². The number of hydrogen-bond acceptors (Lipinski definition) is 4. The van der Waals surface area contributed by atoms with Crippen LogP contribution in [-0.4, -0.2) is 49.3 Å². The third-order valence-corrected chi connectivity index (χ3v) is 4.92. The van der Waals surface area contributed by atoms with Crippen LogP contribution in [0.4, 0.5) is 0 Å². The number of ether oxygens (including phenoxy) is 2. The Morgan fingerprint density at radius 3 is 3.16 bits per heavy atom. The third kappa shape index (κ3) is 2.30. The van der Waals surface area contributed by atoms with Crippen molar-refractivity contribution in [3.63, 3.8) is 0 Å². The Hall–Kier alpha value is -0.910. The lowest BCUT2D eigenvalue weighted by Gasteiger charge is -2.50. The number of rotatable bonds is 4. The molecule has 2 aliphatic rings. The van der Waals surface area contributed by atoms with Crippen molar-refractivity contribution in [2.45, 2.75) is 18.9 Å². The zero-order valence-corrected chi connectivity index (χ0v) is 11.9. The molecule has 1 aromatic heterocycles. The number of nitrogens with zero attached hydrogens (tertiary/aromatic N) is 1. The van der Waals surface area contributed by atoms with Gasteiger partial charge < -0.3 is 14.4 Å². The van der Waals surface area contributed by atoms with Crippen LogP contribution < -0.4 is 0 Å². The van der Waals surface area contributed by atoms with E-state index in [1.54, 1.807) is 0 Å². The Balaban J connectivity index is 1.60. The van der Waals surface area contributed by atoms with E-state index in [1.807, 2.05) is 29.3 Å². The predicted molar refractivity (Wildman–Crippen MR) is 73.5 cm³/mol. The van der Waals surface area contributed by atoms with Crippen LogP contribution in [0.3, 0.4) is 0 Å². The number of thiophene rings is 1. The smallest absolute Gasteiger partial charge is 0.264 e.